The fourth-order valence-corrected chi connectivity index (χ4v) is 2.55. The third-order valence-electron chi connectivity index (χ3n) is 4.08. The number of aromatic nitrogens is 2. The summed E-state index contributed by atoms with van der Waals surface area (Å²) in [6.07, 6.45) is 3.30. The topological polar surface area (TPSA) is 38.1 Å². The van der Waals surface area contributed by atoms with Crippen LogP contribution in [0.5, 0.6) is 0 Å². The number of halogens is 1. The molecule has 1 amide bonds. The normalized spacial score (nSPS) is 11.5. The lowest BCUT2D eigenvalue weighted by Crippen LogP contribution is -2.31. The van der Waals surface area contributed by atoms with Crippen LogP contribution in [0.2, 0.25) is 5.15 Å². The monoisotopic (exact) mass is 345 g/mol. The van der Waals surface area contributed by atoms with Crippen LogP contribution in [0, 0.1) is 13.8 Å². The van der Waals surface area contributed by atoms with E-state index in [0.29, 0.717) is 11.7 Å². The van der Waals surface area contributed by atoms with Gasteiger partial charge in [-0.1, -0.05) is 41.4 Å². The minimum Gasteiger partial charge on any atom is -0.340 e. The van der Waals surface area contributed by atoms with E-state index in [1.54, 1.807) is 28.8 Å². The molecular formula is C19H24ClN3O. The molecule has 0 aliphatic carbocycles. The highest BCUT2D eigenvalue weighted by Gasteiger charge is 2.13. The number of nitrogens with zero attached hydrogens (tertiary/aromatic N) is 3. The second kappa shape index (κ2) is 7.67. The molecule has 4 nitrogen and oxygen atoms in total. The first kappa shape index (κ1) is 18.3. The van der Waals surface area contributed by atoms with E-state index < -0.39 is 0 Å². The molecule has 1 heterocycles. The van der Waals surface area contributed by atoms with E-state index in [-0.39, 0.29) is 11.9 Å². The van der Waals surface area contributed by atoms with Crippen LogP contribution >= 0.6 is 11.6 Å². The van der Waals surface area contributed by atoms with Gasteiger partial charge in [-0.25, -0.2) is 4.68 Å². The summed E-state index contributed by atoms with van der Waals surface area (Å²) in [5.74, 6) is -0.0493. The third kappa shape index (κ3) is 4.26. The van der Waals surface area contributed by atoms with Crippen molar-refractivity contribution in [3.63, 3.8) is 0 Å². The maximum atomic E-state index is 12.1. The van der Waals surface area contributed by atoms with Gasteiger partial charge in [0.2, 0.25) is 5.91 Å². The number of hydrogen-bond acceptors (Lipinski definition) is 2. The van der Waals surface area contributed by atoms with Crippen molar-refractivity contribution in [3.05, 3.63) is 57.9 Å². The van der Waals surface area contributed by atoms with E-state index in [1.165, 1.54) is 5.56 Å². The molecule has 0 unspecified atom stereocenters. The number of likely N-dealkylation sites (N-methyl/N-ethyl adjacent to an activating group) is 1. The summed E-state index contributed by atoms with van der Waals surface area (Å²) in [5, 5.41) is 5.04. The molecule has 0 N–H and O–H groups in total. The van der Waals surface area contributed by atoms with Gasteiger partial charge in [-0.05, 0) is 39.3 Å². The number of carbonyl (C=O) groups excluding carboxylic acids is 1. The Morgan fingerprint density at radius 2 is 1.92 bits per heavy atom. The second-order valence-electron chi connectivity index (χ2n) is 6.31. The third-order valence-corrected chi connectivity index (χ3v) is 4.48. The van der Waals surface area contributed by atoms with Gasteiger partial charge in [0, 0.05) is 24.7 Å². The van der Waals surface area contributed by atoms with Gasteiger partial charge < -0.3 is 4.90 Å². The highest BCUT2D eigenvalue weighted by Crippen LogP contribution is 2.22. The Morgan fingerprint density at radius 1 is 1.29 bits per heavy atom. The Morgan fingerprint density at radius 3 is 2.50 bits per heavy atom. The van der Waals surface area contributed by atoms with E-state index in [9.17, 15) is 4.79 Å². The van der Waals surface area contributed by atoms with Crippen LogP contribution in [0.25, 0.3) is 6.08 Å². The molecule has 2 aromatic rings. The second-order valence-corrected chi connectivity index (χ2v) is 6.67. The van der Waals surface area contributed by atoms with Gasteiger partial charge in [0.15, 0.2) is 0 Å². The maximum absolute atomic E-state index is 12.1. The van der Waals surface area contributed by atoms with Crippen molar-refractivity contribution in [1.29, 1.82) is 0 Å². The van der Waals surface area contributed by atoms with Crippen molar-refractivity contribution >= 4 is 23.6 Å². The molecule has 0 bridgehead atoms. The first-order chi connectivity index (χ1) is 11.3. The van der Waals surface area contributed by atoms with Gasteiger partial charge in [-0.15, -0.1) is 0 Å². The van der Waals surface area contributed by atoms with Crippen molar-refractivity contribution in [3.8, 4) is 0 Å². The van der Waals surface area contributed by atoms with Crippen LogP contribution in [0.15, 0.2) is 30.3 Å². The summed E-state index contributed by atoms with van der Waals surface area (Å²) in [4.78, 5) is 13.8. The molecule has 0 radical (unpaired) electrons. The predicted octanol–water partition coefficient (Wildman–Crippen LogP) is 4.08. The van der Waals surface area contributed by atoms with Gasteiger partial charge in [-0.3, -0.25) is 4.79 Å². The molecule has 0 spiro atoms. The van der Waals surface area contributed by atoms with Crippen molar-refractivity contribution in [1.82, 2.24) is 14.7 Å². The van der Waals surface area contributed by atoms with Gasteiger partial charge >= 0.3 is 0 Å². The smallest absolute Gasteiger partial charge is 0.246 e. The minimum atomic E-state index is -0.0493. The Balaban J connectivity index is 2.19. The standard InChI is InChI=1S/C19H24ClN3O/c1-13(2)22(5)18(24)11-10-17-15(4)21-23(19(17)20)12-16-8-6-14(3)7-9-16/h6-11,13H,12H2,1-5H3/b11-10+. The minimum absolute atomic E-state index is 0.0493. The van der Waals surface area contributed by atoms with Crippen LogP contribution in [0.4, 0.5) is 0 Å². The quantitative estimate of drug-likeness (QED) is 0.766. The van der Waals surface area contributed by atoms with Crippen LogP contribution < -0.4 is 0 Å². The highest BCUT2D eigenvalue weighted by molar-refractivity contribution is 6.31. The van der Waals surface area contributed by atoms with E-state index >= 15 is 0 Å². The Kier molecular flexibility index (Phi) is 5.84. The average Bonchev–Trinajstić information content (AvgIpc) is 2.80. The molecule has 1 aromatic carbocycles. The van der Waals surface area contributed by atoms with Gasteiger partial charge in [-0.2, -0.15) is 5.10 Å². The molecule has 128 valence electrons. The highest BCUT2D eigenvalue weighted by atomic mass is 35.5. The molecule has 2 rings (SSSR count). The predicted molar refractivity (Wildman–Crippen MR) is 99.2 cm³/mol. The van der Waals surface area contributed by atoms with E-state index in [0.717, 1.165) is 16.8 Å². The summed E-state index contributed by atoms with van der Waals surface area (Å²) < 4.78 is 1.76. The number of benzene rings is 1. The summed E-state index contributed by atoms with van der Waals surface area (Å²) in [6.45, 7) is 8.51. The van der Waals surface area contributed by atoms with Gasteiger partial charge in [0.1, 0.15) is 5.15 Å². The summed E-state index contributed by atoms with van der Waals surface area (Å²) >= 11 is 6.46. The zero-order valence-corrected chi connectivity index (χ0v) is 15.6. The molecule has 1 aromatic heterocycles. The fourth-order valence-electron chi connectivity index (χ4n) is 2.25. The molecule has 0 saturated carbocycles. The first-order valence-electron chi connectivity index (χ1n) is 8.03. The molecule has 0 aliphatic heterocycles. The zero-order chi connectivity index (χ0) is 17.9. The van der Waals surface area contributed by atoms with Crippen molar-refractivity contribution < 1.29 is 4.79 Å². The largest absolute Gasteiger partial charge is 0.340 e. The Bertz CT molecular complexity index is 745. The molecule has 0 atom stereocenters. The number of carbonyl (C=O) groups is 1. The SMILES string of the molecule is Cc1ccc(Cn2nc(C)c(/C=C/C(=O)N(C)C(C)C)c2Cl)cc1. The molecule has 5 heteroatoms. The molecular weight excluding hydrogens is 322 g/mol. The first-order valence-corrected chi connectivity index (χ1v) is 8.40. The number of rotatable bonds is 5. The van der Waals surface area contributed by atoms with E-state index in [1.807, 2.05) is 20.8 Å². The Hall–Kier alpha value is -2.07. The molecule has 0 saturated heterocycles. The average molecular weight is 346 g/mol. The van der Waals surface area contributed by atoms with Crippen molar-refractivity contribution in [2.24, 2.45) is 0 Å². The fraction of sp³-hybridized carbons (Fsp3) is 0.368. The van der Waals surface area contributed by atoms with Crippen LogP contribution in [0.1, 0.15) is 36.2 Å². The molecule has 24 heavy (non-hydrogen) atoms. The van der Waals surface area contributed by atoms with Crippen LogP contribution in [-0.4, -0.2) is 33.7 Å². The molecule has 0 aliphatic rings. The zero-order valence-electron chi connectivity index (χ0n) is 14.9. The summed E-state index contributed by atoms with van der Waals surface area (Å²) in [6, 6.07) is 8.43. The van der Waals surface area contributed by atoms with Crippen LogP contribution in [-0.2, 0) is 11.3 Å². The molecule has 0 fully saturated rings. The van der Waals surface area contributed by atoms with Crippen molar-refractivity contribution in [2.75, 3.05) is 7.05 Å². The number of amides is 1. The maximum Gasteiger partial charge on any atom is 0.246 e. The van der Waals surface area contributed by atoms with E-state index in [2.05, 4.69) is 36.3 Å². The van der Waals surface area contributed by atoms with Gasteiger partial charge in [0.25, 0.3) is 0 Å². The summed E-state index contributed by atoms with van der Waals surface area (Å²) in [5.41, 5.74) is 3.95. The Labute approximate surface area is 148 Å². The lowest BCUT2D eigenvalue weighted by Gasteiger charge is -2.19. The lowest BCUT2D eigenvalue weighted by atomic mass is 10.1. The number of aryl methyl sites for hydroxylation is 2. The van der Waals surface area contributed by atoms with Crippen molar-refractivity contribution in [2.45, 2.75) is 40.3 Å². The van der Waals surface area contributed by atoms with E-state index in [4.69, 9.17) is 11.6 Å². The number of hydrogen-bond donors (Lipinski definition) is 0. The summed E-state index contributed by atoms with van der Waals surface area (Å²) in [7, 11) is 1.78. The van der Waals surface area contributed by atoms with Crippen LogP contribution in [0.3, 0.4) is 0 Å². The lowest BCUT2D eigenvalue weighted by molar-refractivity contribution is -0.126. The van der Waals surface area contributed by atoms with Gasteiger partial charge in [0.05, 0.1) is 12.2 Å².